The van der Waals surface area contributed by atoms with Crippen LogP contribution in [0.15, 0.2) is 60.8 Å². The van der Waals surface area contributed by atoms with Gasteiger partial charge in [-0.3, -0.25) is 0 Å². The largest absolute Gasteiger partial charge is 0.497 e. The Morgan fingerprint density at radius 3 is 2.76 bits per heavy atom. The molecule has 3 heterocycles. The standard InChI is InChI=1S/C25H26N6O3/c1-34-20-7-5-16(6-8-20)14-31-24-22(21(9-11-27-24)17-3-2-4-18(26)13-17)23(29-31)28-19-10-12-30(15-19)25(32)33/h2-9,11,13,19H,10,12,14-15,26H2,1H3,(H,28,29)(H,32,33)/t19-/m1/s1. The van der Waals surface area contributed by atoms with Crippen LogP contribution in [-0.2, 0) is 6.54 Å². The van der Waals surface area contributed by atoms with Gasteiger partial charge in [-0.05, 0) is 53.4 Å². The first-order valence-corrected chi connectivity index (χ1v) is 11.1. The lowest BCUT2D eigenvalue weighted by atomic mass is 10.0. The molecule has 1 saturated heterocycles. The first kappa shape index (κ1) is 21.6. The number of carbonyl (C=O) groups is 1. The number of likely N-dealkylation sites (tertiary alicyclic amines) is 1. The molecule has 4 aromatic rings. The van der Waals surface area contributed by atoms with Crippen LogP contribution in [0.2, 0.25) is 0 Å². The van der Waals surface area contributed by atoms with Crippen LogP contribution in [-0.4, -0.2) is 57.1 Å². The van der Waals surface area contributed by atoms with Gasteiger partial charge in [0.25, 0.3) is 0 Å². The van der Waals surface area contributed by atoms with Gasteiger partial charge in [0.05, 0.1) is 19.0 Å². The maximum atomic E-state index is 11.4. The highest BCUT2D eigenvalue weighted by molar-refractivity contribution is 6.01. The molecule has 1 atom stereocenters. The van der Waals surface area contributed by atoms with Gasteiger partial charge in [0.1, 0.15) is 5.75 Å². The average molecular weight is 459 g/mol. The summed E-state index contributed by atoms with van der Waals surface area (Å²) in [4.78, 5) is 17.5. The highest BCUT2D eigenvalue weighted by Gasteiger charge is 2.28. The SMILES string of the molecule is COc1ccc(Cn2nc(N[C@@H]3CCN(C(=O)O)C3)c3c(-c4cccc(N)c4)ccnc32)cc1. The number of amides is 1. The normalized spacial score (nSPS) is 15.6. The quantitative estimate of drug-likeness (QED) is 0.375. The minimum atomic E-state index is -0.902. The number of fused-ring (bicyclic) bond motifs is 1. The topological polar surface area (TPSA) is 119 Å². The third-order valence-electron chi connectivity index (χ3n) is 6.12. The zero-order valence-corrected chi connectivity index (χ0v) is 18.8. The van der Waals surface area contributed by atoms with Crippen LogP contribution < -0.4 is 15.8 Å². The summed E-state index contributed by atoms with van der Waals surface area (Å²) < 4.78 is 7.14. The monoisotopic (exact) mass is 458 g/mol. The fourth-order valence-electron chi connectivity index (χ4n) is 4.41. The van der Waals surface area contributed by atoms with Gasteiger partial charge in [0, 0.05) is 31.0 Å². The number of aromatic nitrogens is 3. The van der Waals surface area contributed by atoms with Crippen LogP contribution in [0.25, 0.3) is 22.2 Å². The molecule has 1 amide bonds. The molecular weight excluding hydrogens is 432 g/mol. The van der Waals surface area contributed by atoms with Crippen molar-refractivity contribution in [1.29, 1.82) is 0 Å². The van der Waals surface area contributed by atoms with E-state index in [4.69, 9.17) is 15.6 Å². The number of hydrogen-bond donors (Lipinski definition) is 3. The van der Waals surface area contributed by atoms with Gasteiger partial charge in [-0.1, -0.05) is 24.3 Å². The molecule has 2 aromatic heterocycles. The Morgan fingerprint density at radius 2 is 2.06 bits per heavy atom. The lowest BCUT2D eigenvalue weighted by Gasteiger charge is -2.14. The van der Waals surface area contributed by atoms with Crippen LogP contribution >= 0.6 is 0 Å². The van der Waals surface area contributed by atoms with Crippen molar-refractivity contribution < 1.29 is 14.6 Å². The van der Waals surface area contributed by atoms with Crippen molar-refractivity contribution in [2.45, 2.75) is 19.0 Å². The maximum Gasteiger partial charge on any atom is 0.407 e. The molecule has 5 rings (SSSR count). The maximum absolute atomic E-state index is 11.4. The number of carboxylic acid groups (broad SMARTS) is 1. The summed E-state index contributed by atoms with van der Waals surface area (Å²) in [6, 6.07) is 17.5. The number of anilines is 2. The first-order valence-electron chi connectivity index (χ1n) is 11.1. The van der Waals surface area contributed by atoms with Crippen LogP contribution in [0, 0.1) is 0 Å². The van der Waals surface area contributed by atoms with E-state index in [9.17, 15) is 9.90 Å². The lowest BCUT2D eigenvalue weighted by Crippen LogP contribution is -2.30. The van der Waals surface area contributed by atoms with E-state index >= 15 is 0 Å². The molecule has 0 unspecified atom stereocenters. The fourth-order valence-corrected chi connectivity index (χ4v) is 4.41. The summed E-state index contributed by atoms with van der Waals surface area (Å²) in [5.74, 6) is 1.48. The molecule has 2 aromatic carbocycles. The van der Waals surface area contributed by atoms with E-state index < -0.39 is 6.09 Å². The summed E-state index contributed by atoms with van der Waals surface area (Å²) in [5.41, 5.74) is 10.5. The Morgan fingerprint density at radius 1 is 1.24 bits per heavy atom. The zero-order chi connectivity index (χ0) is 23.7. The van der Waals surface area contributed by atoms with E-state index in [1.807, 2.05) is 59.3 Å². The number of methoxy groups -OCH3 is 1. The van der Waals surface area contributed by atoms with E-state index in [0.29, 0.717) is 37.6 Å². The number of ether oxygens (including phenoxy) is 1. The molecule has 1 aliphatic rings. The number of benzene rings is 2. The van der Waals surface area contributed by atoms with E-state index in [2.05, 4.69) is 10.3 Å². The van der Waals surface area contributed by atoms with E-state index in [-0.39, 0.29) is 6.04 Å². The number of pyridine rings is 1. The summed E-state index contributed by atoms with van der Waals surface area (Å²) >= 11 is 0. The predicted octanol–water partition coefficient (Wildman–Crippen LogP) is 3.90. The van der Waals surface area contributed by atoms with Crippen molar-refractivity contribution in [1.82, 2.24) is 19.7 Å². The Bertz CT molecular complexity index is 1330. The van der Waals surface area contributed by atoms with E-state index in [1.165, 1.54) is 4.90 Å². The lowest BCUT2D eigenvalue weighted by molar-refractivity contribution is 0.155. The van der Waals surface area contributed by atoms with Crippen molar-refractivity contribution in [3.63, 3.8) is 0 Å². The average Bonchev–Trinajstić information content (AvgIpc) is 3.45. The van der Waals surface area contributed by atoms with Gasteiger partial charge in [0.15, 0.2) is 11.5 Å². The van der Waals surface area contributed by atoms with E-state index in [0.717, 1.165) is 33.5 Å². The van der Waals surface area contributed by atoms with Crippen LogP contribution in [0.3, 0.4) is 0 Å². The third-order valence-corrected chi connectivity index (χ3v) is 6.12. The zero-order valence-electron chi connectivity index (χ0n) is 18.8. The van der Waals surface area contributed by atoms with Crippen LogP contribution in [0.5, 0.6) is 5.75 Å². The molecule has 0 radical (unpaired) electrons. The summed E-state index contributed by atoms with van der Waals surface area (Å²) in [5, 5.41) is 18.6. The van der Waals surface area contributed by atoms with Crippen molar-refractivity contribution in [3.05, 3.63) is 66.4 Å². The Balaban J connectivity index is 1.57. The highest BCUT2D eigenvalue weighted by Crippen LogP contribution is 2.34. The van der Waals surface area contributed by atoms with Crippen molar-refractivity contribution in [2.24, 2.45) is 0 Å². The van der Waals surface area contributed by atoms with Gasteiger partial charge in [0.2, 0.25) is 0 Å². The van der Waals surface area contributed by atoms with Crippen molar-refractivity contribution in [3.8, 4) is 16.9 Å². The second-order valence-electron chi connectivity index (χ2n) is 8.40. The van der Waals surface area contributed by atoms with Crippen molar-refractivity contribution in [2.75, 3.05) is 31.2 Å². The minimum Gasteiger partial charge on any atom is -0.497 e. The number of hydrogen-bond acceptors (Lipinski definition) is 6. The van der Waals surface area contributed by atoms with Gasteiger partial charge < -0.3 is 25.8 Å². The number of rotatable bonds is 6. The van der Waals surface area contributed by atoms with E-state index in [1.54, 1.807) is 13.3 Å². The third kappa shape index (κ3) is 4.19. The number of nitrogens with two attached hydrogens (primary N) is 1. The second kappa shape index (κ2) is 8.93. The number of nitrogen functional groups attached to an aromatic ring is 1. The van der Waals surface area contributed by atoms with Gasteiger partial charge in [-0.25, -0.2) is 14.5 Å². The molecule has 0 aliphatic carbocycles. The molecule has 4 N–H and O–H groups in total. The molecule has 9 heteroatoms. The molecule has 0 saturated carbocycles. The predicted molar refractivity (Wildman–Crippen MR) is 131 cm³/mol. The number of nitrogens with one attached hydrogen (secondary N) is 1. The Hall–Kier alpha value is -4.27. The molecule has 0 spiro atoms. The molecule has 9 nitrogen and oxygen atoms in total. The minimum absolute atomic E-state index is 0.0301. The van der Waals surface area contributed by atoms with Crippen LogP contribution in [0.1, 0.15) is 12.0 Å². The molecule has 34 heavy (non-hydrogen) atoms. The molecular formula is C25H26N6O3. The molecule has 1 fully saturated rings. The first-order chi connectivity index (χ1) is 16.5. The number of nitrogens with zero attached hydrogens (tertiary/aromatic N) is 4. The Kier molecular flexibility index (Phi) is 5.67. The summed E-state index contributed by atoms with van der Waals surface area (Å²) in [6.07, 6.45) is 1.59. The summed E-state index contributed by atoms with van der Waals surface area (Å²) in [6.45, 7) is 1.44. The van der Waals surface area contributed by atoms with Gasteiger partial charge >= 0.3 is 6.09 Å². The fraction of sp³-hybridized carbons (Fsp3) is 0.240. The van der Waals surface area contributed by atoms with Gasteiger partial charge in [-0.15, -0.1) is 0 Å². The highest BCUT2D eigenvalue weighted by atomic mass is 16.5. The van der Waals surface area contributed by atoms with Gasteiger partial charge in [-0.2, -0.15) is 5.10 Å². The second-order valence-corrected chi connectivity index (χ2v) is 8.40. The Labute approximate surface area is 196 Å². The smallest absolute Gasteiger partial charge is 0.407 e. The van der Waals surface area contributed by atoms with Crippen LogP contribution in [0.4, 0.5) is 16.3 Å². The van der Waals surface area contributed by atoms with Crippen molar-refractivity contribution >= 4 is 28.6 Å². The molecule has 1 aliphatic heterocycles. The summed E-state index contributed by atoms with van der Waals surface area (Å²) in [7, 11) is 1.64. The molecule has 174 valence electrons. The molecule has 0 bridgehead atoms.